The fraction of sp³-hybridized carbons (Fsp3) is 0.818. The SMILES string of the molecule is CCC(C)NC(=O)CCNC(C)CC(=O)O. The highest BCUT2D eigenvalue weighted by Gasteiger charge is 2.08. The summed E-state index contributed by atoms with van der Waals surface area (Å²) >= 11 is 0. The number of hydrogen-bond donors (Lipinski definition) is 3. The second-order valence-corrected chi connectivity index (χ2v) is 4.08. The lowest BCUT2D eigenvalue weighted by Gasteiger charge is -2.13. The molecule has 0 rings (SSSR count). The van der Waals surface area contributed by atoms with Gasteiger partial charge in [0.25, 0.3) is 0 Å². The highest BCUT2D eigenvalue weighted by Crippen LogP contribution is 1.92. The van der Waals surface area contributed by atoms with Crippen molar-refractivity contribution in [3.05, 3.63) is 0 Å². The first-order valence-electron chi connectivity index (χ1n) is 5.70. The molecule has 94 valence electrons. The zero-order valence-corrected chi connectivity index (χ0v) is 10.2. The normalized spacial score (nSPS) is 14.2. The van der Waals surface area contributed by atoms with E-state index >= 15 is 0 Å². The Morgan fingerprint density at radius 1 is 1.25 bits per heavy atom. The molecule has 5 nitrogen and oxygen atoms in total. The van der Waals surface area contributed by atoms with Crippen molar-refractivity contribution >= 4 is 11.9 Å². The Morgan fingerprint density at radius 3 is 2.38 bits per heavy atom. The molecule has 0 aliphatic rings. The van der Waals surface area contributed by atoms with Gasteiger partial charge in [-0.05, 0) is 20.3 Å². The molecule has 0 aliphatic heterocycles. The van der Waals surface area contributed by atoms with Crippen LogP contribution in [-0.4, -0.2) is 35.6 Å². The predicted octanol–water partition coefficient (Wildman–Crippen LogP) is 0.744. The van der Waals surface area contributed by atoms with Crippen LogP contribution in [-0.2, 0) is 9.59 Å². The minimum atomic E-state index is -0.830. The second-order valence-electron chi connectivity index (χ2n) is 4.08. The van der Waals surface area contributed by atoms with Gasteiger partial charge < -0.3 is 15.7 Å². The van der Waals surface area contributed by atoms with Crippen LogP contribution in [0.25, 0.3) is 0 Å². The minimum Gasteiger partial charge on any atom is -0.481 e. The van der Waals surface area contributed by atoms with Crippen LogP contribution in [0.5, 0.6) is 0 Å². The summed E-state index contributed by atoms with van der Waals surface area (Å²) in [5.41, 5.74) is 0. The van der Waals surface area contributed by atoms with E-state index in [1.807, 2.05) is 13.8 Å². The van der Waals surface area contributed by atoms with Crippen LogP contribution in [0.1, 0.15) is 40.0 Å². The molecule has 0 radical (unpaired) electrons. The molecule has 0 heterocycles. The molecule has 0 fully saturated rings. The molecule has 0 saturated heterocycles. The third-order valence-corrected chi connectivity index (χ3v) is 2.35. The highest BCUT2D eigenvalue weighted by molar-refractivity contribution is 5.76. The molecule has 16 heavy (non-hydrogen) atoms. The van der Waals surface area contributed by atoms with Crippen molar-refractivity contribution in [2.24, 2.45) is 0 Å². The van der Waals surface area contributed by atoms with Crippen LogP contribution >= 0.6 is 0 Å². The van der Waals surface area contributed by atoms with Gasteiger partial charge in [0, 0.05) is 25.0 Å². The predicted molar refractivity (Wildman–Crippen MR) is 62.2 cm³/mol. The van der Waals surface area contributed by atoms with Crippen molar-refractivity contribution in [1.29, 1.82) is 0 Å². The molecule has 3 N–H and O–H groups in total. The Balaban J connectivity index is 3.57. The lowest BCUT2D eigenvalue weighted by Crippen LogP contribution is -2.36. The van der Waals surface area contributed by atoms with E-state index in [0.717, 1.165) is 6.42 Å². The average molecular weight is 230 g/mol. The first-order chi connectivity index (χ1) is 7.45. The van der Waals surface area contributed by atoms with Crippen LogP contribution in [0.3, 0.4) is 0 Å². The zero-order valence-electron chi connectivity index (χ0n) is 10.2. The number of hydrogen-bond acceptors (Lipinski definition) is 3. The van der Waals surface area contributed by atoms with Crippen LogP contribution in [0.15, 0.2) is 0 Å². The van der Waals surface area contributed by atoms with Gasteiger partial charge >= 0.3 is 5.97 Å². The van der Waals surface area contributed by atoms with Gasteiger partial charge in [0.1, 0.15) is 0 Å². The second kappa shape index (κ2) is 8.10. The summed E-state index contributed by atoms with van der Waals surface area (Å²) in [7, 11) is 0. The maximum absolute atomic E-state index is 11.3. The van der Waals surface area contributed by atoms with E-state index in [1.165, 1.54) is 0 Å². The zero-order chi connectivity index (χ0) is 12.6. The van der Waals surface area contributed by atoms with E-state index in [0.29, 0.717) is 13.0 Å². The summed E-state index contributed by atoms with van der Waals surface area (Å²) in [5, 5.41) is 14.4. The number of carbonyl (C=O) groups is 2. The Labute approximate surface area is 96.6 Å². The molecule has 0 bridgehead atoms. The van der Waals surface area contributed by atoms with Crippen LogP contribution in [0.2, 0.25) is 0 Å². The Morgan fingerprint density at radius 2 is 1.88 bits per heavy atom. The van der Waals surface area contributed by atoms with Crippen molar-refractivity contribution in [3.8, 4) is 0 Å². The smallest absolute Gasteiger partial charge is 0.304 e. The first-order valence-corrected chi connectivity index (χ1v) is 5.70. The molecular formula is C11H22N2O3. The van der Waals surface area contributed by atoms with E-state index in [9.17, 15) is 9.59 Å². The van der Waals surface area contributed by atoms with Crippen molar-refractivity contribution in [3.63, 3.8) is 0 Å². The number of carboxylic acids is 1. The molecular weight excluding hydrogens is 208 g/mol. The summed E-state index contributed by atoms with van der Waals surface area (Å²) in [6.45, 7) is 6.27. The van der Waals surface area contributed by atoms with Gasteiger partial charge in [-0.2, -0.15) is 0 Å². The van der Waals surface area contributed by atoms with E-state index in [1.54, 1.807) is 6.92 Å². The monoisotopic (exact) mass is 230 g/mol. The third kappa shape index (κ3) is 8.23. The van der Waals surface area contributed by atoms with E-state index in [4.69, 9.17) is 5.11 Å². The number of amides is 1. The Bertz CT molecular complexity index is 231. The minimum absolute atomic E-state index is 0.00405. The van der Waals surface area contributed by atoms with Crippen molar-refractivity contribution in [2.45, 2.75) is 52.1 Å². The molecule has 0 aliphatic carbocycles. The van der Waals surface area contributed by atoms with Crippen LogP contribution < -0.4 is 10.6 Å². The fourth-order valence-electron chi connectivity index (χ4n) is 1.22. The molecule has 0 spiro atoms. The number of nitrogens with one attached hydrogen (secondary N) is 2. The number of rotatable bonds is 8. The summed E-state index contributed by atoms with van der Waals surface area (Å²) in [5.74, 6) is -0.826. The van der Waals surface area contributed by atoms with E-state index in [2.05, 4.69) is 10.6 Å². The standard InChI is InChI=1S/C11H22N2O3/c1-4-8(2)13-10(14)5-6-12-9(3)7-11(15)16/h8-9,12H,4-7H2,1-3H3,(H,13,14)(H,15,16). The van der Waals surface area contributed by atoms with Gasteiger partial charge in [0.15, 0.2) is 0 Å². The topological polar surface area (TPSA) is 78.4 Å². The van der Waals surface area contributed by atoms with Crippen LogP contribution in [0, 0.1) is 0 Å². The number of aliphatic carboxylic acids is 1. The average Bonchev–Trinajstić information content (AvgIpc) is 2.16. The molecule has 5 heteroatoms. The lowest BCUT2D eigenvalue weighted by atomic mass is 10.2. The van der Waals surface area contributed by atoms with Crippen molar-refractivity contribution in [2.75, 3.05) is 6.54 Å². The highest BCUT2D eigenvalue weighted by atomic mass is 16.4. The third-order valence-electron chi connectivity index (χ3n) is 2.35. The summed E-state index contributed by atoms with van der Waals surface area (Å²) < 4.78 is 0. The summed E-state index contributed by atoms with van der Waals surface area (Å²) in [4.78, 5) is 21.7. The van der Waals surface area contributed by atoms with Crippen molar-refractivity contribution in [1.82, 2.24) is 10.6 Å². The van der Waals surface area contributed by atoms with Gasteiger partial charge in [-0.3, -0.25) is 9.59 Å². The van der Waals surface area contributed by atoms with Gasteiger partial charge in [-0.1, -0.05) is 6.92 Å². The maximum Gasteiger partial charge on any atom is 0.304 e. The van der Waals surface area contributed by atoms with Gasteiger partial charge in [0.05, 0.1) is 6.42 Å². The van der Waals surface area contributed by atoms with E-state index < -0.39 is 5.97 Å². The number of carboxylic acid groups (broad SMARTS) is 1. The van der Waals surface area contributed by atoms with Crippen molar-refractivity contribution < 1.29 is 14.7 Å². The van der Waals surface area contributed by atoms with Gasteiger partial charge in [-0.15, -0.1) is 0 Å². The lowest BCUT2D eigenvalue weighted by molar-refractivity contribution is -0.137. The molecule has 0 aromatic rings. The summed E-state index contributed by atoms with van der Waals surface area (Å²) in [6.07, 6.45) is 1.37. The molecule has 0 aromatic carbocycles. The fourth-order valence-corrected chi connectivity index (χ4v) is 1.22. The largest absolute Gasteiger partial charge is 0.481 e. The first kappa shape index (κ1) is 14.9. The molecule has 0 aromatic heterocycles. The molecule has 1 amide bonds. The Hall–Kier alpha value is -1.10. The molecule has 0 saturated carbocycles. The Kier molecular flexibility index (Phi) is 7.54. The van der Waals surface area contributed by atoms with Crippen LogP contribution in [0.4, 0.5) is 0 Å². The van der Waals surface area contributed by atoms with Gasteiger partial charge in [-0.25, -0.2) is 0 Å². The maximum atomic E-state index is 11.3. The van der Waals surface area contributed by atoms with E-state index in [-0.39, 0.29) is 24.4 Å². The number of carbonyl (C=O) groups excluding carboxylic acids is 1. The van der Waals surface area contributed by atoms with Gasteiger partial charge in [0.2, 0.25) is 5.91 Å². The molecule has 2 unspecified atom stereocenters. The molecule has 2 atom stereocenters. The summed E-state index contributed by atoms with van der Waals surface area (Å²) in [6, 6.07) is 0.0952. The quantitative estimate of drug-likeness (QED) is 0.575.